The van der Waals surface area contributed by atoms with E-state index in [2.05, 4.69) is 0 Å². The van der Waals surface area contributed by atoms with Gasteiger partial charge in [-0.1, -0.05) is 18.2 Å². The molecule has 0 aliphatic heterocycles. The van der Waals surface area contributed by atoms with Gasteiger partial charge < -0.3 is 5.32 Å². The topological polar surface area (TPSA) is 12.0 Å². The molecular weight excluding hydrogens is 405 g/mol. The molecule has 1 N–H and O–H groups in total. The summed E-state index contributed by atoms with van der Waals surface area (Å²) < 4.78 is 167. The van der Waals surface area contributed by atoms with Gasteiger partial charge in [0.15, 0.2) is 0 Å². The van der Waals surface area contributed by atoms with E-state index < -0.39 is 41.6 Å². The Hall–Kier alpha value is -1.89. The predicted octanol–water partition coefficient (Wildman–Crippen LogP) is 5.79. The van der Waals surface area contributed by atoms with Crippen molar-refractivity contribution in [1.82, 2.24) is 0 Å². The van der Waals surface area contributed by atoms with Gasteiger partial charge in [0.25, 0.3) is 0 Å². The zero-order valence-electron chi connectivity index (χ0n) is 11.8. The first-order valence-electron chi connectivity index (χ1n) is 6.12. The van der Waals surface area contributed by atoms with Crippen molar-refractivity contribution >= 4 is 5.69 Å². The summed E-state index contributed by atoms with van der Waals surface area (Å²) in [7, 11) is 0. The lowest BCUT2D eigenvalue weighted by Crippen LogP contribution is -2.71. The molecule has 0 heterocycles. The van der Waals surface area contributed by atoms with Gasteiger partial charge in [-0.25, -0.2) is 0 Å². The van der Waals surface area contributed by atoms with Crippen LogP contribution in [0.25, 0.3) is 0 Å². The van der Waals surface area contributed by atoms with Crippen molar-refractivity contribution in [2.75, 3.05) is 5.32 Å². The van der Waals surface area contributed by atoms with E-state index in [1.54, 1.807) is 0 Å². The van der Waals surface area contributed by atoms with Crippen molar-refractivity contribution in [3.05, 3.63) is 30.3 Å². The van der Waals surface area contributed by atoms with Gasteiger partial charge in [-0.3, -0.25) is 0 Å². The summed E-state index contributed by atoms with van der Waals surface area (Å²) in [4.78, 5) is 0. The molecule has 1 rings (SSSR count). The minimum Gasteiger partial charge on any atom is -0.322 e. The third kappa shape index (κ3) is 3.13. The first kappa shape index (κ1) is 22.2. The molecule has 0 saturated heterocycles. The molecule has 0 aliphatic carbocycles. The van der Waals surface area contributed by atoms with Crippen LogP contribution >= 0.6 is 0 Å². The van der Waals surface area contributed by atoms with E-state index >= 15 is 0 Å². The number of halogens is 13. The molecule has 0 radical (unpaired) electrons. The van der Waals surface area contributed by atoms with E-state index in [0.717, 1.165) is 18.2 Å². The van der Waals surface area contributed by atoms with Crippen LogP contribution in [-0.4, -0.2) is 35.9 Å². The van der Waals surface area contributed by atoms with Crippen LogP contribution in [0.3, 0.4) is 0 Å². The maximum atomic E-state index is 13.4. The molecule has 0 atom stereocenters. The molecule has 1 nitrogen and oxygen atoms in total. The standard InChI is InChI=1S/C12H6F13N/c13-7(14,9(17,18)11(21,22)23)8(15,16)10(19,20)12(24,25)26-6-4-2-1-3-5-6/h1-5,26H. The number of hydrogen-bond acceptors (Lipinski definition) is 1. The summed E-state index contributed by atoms with van der Waals surface area (Å²) in [6.07, 6.45) is -7.42. The summed E-state index contributed by atoms with van der Waals surface area (Å²) in [5.74, 6) is -30.8. The van der Waals surface area contributed by atoms with Crippen LogP contribution in [0.2, 0.25) is 0 Å². The molecule has 0 fully saturated rings. The number of benzene rings is 1. The number of alkyl halides is 13. The van der Waals surface area contributed by atoms with Crippen molar-refractivity contribution in [2.24, 2.45) is 0 Å². The fourth-order valence-electron chi connectivity index (χ4n) is 1.55. The second-order valence-electron chi connectivity index (χ2n) is 4.86. The highest BCUT2D eigenvalue weighted by molar-refractivity contribution is 5.44. The van der Waals surface area contributed by atoms with E-state index in [1.807, 2.05) is 0 Å². The van der Waals surface area contributed by atoms with E-state index in [0.29, 0.717) is 17.4 Å². The third-order valence-electron chi connectivity index (χ3n) is 3.01. The highest BCUT2D eigenvalue weighted by Gasteiger charge is 2.91. The molecular formula is C12H6F13N. The van der Waals surface area contributed by atoms with Crippen LogP contribution in [0.5, 0.6) is 0 Å². The van der Waals surface area contributed by atoms with E-state index in [4.69, 9.17) is 0 Å². The molecule has 0 amide bonds. The Kier molecular flexibility index (Phi) is 5.18. The Labute approximate surface area is 135 Å². The molecule has 150 valence electrons. The highest BCUT2D eigenvalue weighted by Crippen LogP contribution is 2.60. The first-order chi connectivity index (χ1) is 11.3. The minimum absolute atomic E-state index is 0.404. The van der Waals surface area contributed by atoms with Crippen LogP contribution in [0.1, 0.15) is 0 Å². The van der Waals surface area contributed by atoms with Crippen molar-refractivity contribution in [3.8, 4) is 0 Å². The number of anilines is 1. The average molecular weight is 411 g/mol. The lowest BCUT2D eigenvalue weighted by Gasteiger charge is -2.39. The second kappa shape index (κ2) is 6.08. The van der Waals surface area contributed by atoms with Crippen molar-refractivity contribution < 1.29 is 57.1 Å². The van der Waals surface area contributed by atoms with Gasteiger partial charge in [-0.2, -0.15) is 57.1 Å². The summed E-state index contributed by atoms with van der Waals surface area (Å²) in [5, 5.41) is 0.404. The molecule has 0 aromatic heterocycles. The van der Waals surface area contributed by atoms with Crippen LogP contribution in [0.4, 0.5) is 62.8 Å². The molecule has 0 aliphatic rings. The zero-order valence-corrected chi connectivity index (χ0v) is 11.8. The van der Waals surface area contributed by atoms with Gasteiger partial charge in [0.2, 0.25) is 0 Å². The lowest BCUT2D eigenvalue weighted by molar-refractivity contribution is -0.437. The Balaban J connectivity index is 3.38. The Morgan fingerprint density at radius 2 is 0.885 bits per heavy atom. The average Bonchev–Trinajstić information content (AvgIpc) is 2.45. The number of para-hydroxylation sites is 1. The number of rotatable bonds is 6. The molecule has 0 bridgehead atoms. The monoisotopic (exact) mass is 411 g/mol. The summed E-state index contributed by atoms with van der Waals surface area (Å²) >= 11 is 0. The van der Waals surface area contributed by atoms with Crippen molar-refractivity contribution in [3.63, 3.8) is 0 Å². The molecule has 14 heteroatoms. The van der Waals surface area contributed by atoms with Gasteiger partial charge in [-0.15, -0.1) is 0 Å². The van der Waals surface area contributed by atoms with Crippen molar-refractivity contribution in [1.29, 1.82) is 0 Å². The Morgan fingerprint density at radius 3 is 1.27 bits per heavy atom. The minimum atomic E-state index is -7.90. The van der Waals surface area contributed by atoms with Gasteiger partial charge in [0.05, 0.1) is 0 Å². The predicted molar refractivity (Wildman–Crippen MR) is 60.9 cm³/mol. The zero-order chi connectivity index (χ0) is 20.8. The van der Waals surface area contributed by atoms with Gasteiger partial charge in [-0.05, 0) is 12.1 Å². The second-order valence-corrected chi connectivity index (χ2v) is 4.86. The maximum Gasteiger partial charge on any atom is 0.460 e. The van der Waals surface area contributed by atoms with Gasteiger partial charge >= 0.3 is 35.9 Å². The molecule has 0 saturated carbocycles. The molecule has 26 heavy (non-hydrogen) atoms. The van der Waals surface area contributed by atoms with Gasteiger partial charge in [0, 0.05) is 5.69 Å². The fraction of sp³-hybridized carbons (Fsp3) is 0.500. The van der Waals surface area contributed by atoms with Crippen molar-refractivity contribution in [2.45, 2.75) is 35.9 Å². The number of nitrogens with one attached hydrogen (secondary N) is 1. The van der Waals surface area contributed by atoms with Gasteiger partial charge in [0.1, 0.15) is 0 Å². The maximum absolute atomic E-state index is 13.4. The molecule has 0 unspecified atom stereocenters. The summed E-state index contributed by atoms with van der Waals surface area (Å²) in [6.45, 7) is 0. The normalized spacial score (nSPS) is 15.1. The van der Waals surface area contributed by atoms with Crippen LogP contribution in [0, 0.1) is 0 Å². The smallest absolute Gasteiger partial charge is 0.322 e. The quantitative estimate of drug-likeness (QED) is 0.461. The molecule has 1 aromatic rings. The number of hydrogen-bond donors (Lipinski definition) is 1. The SMILES string of the molecule is FC(F)(F)C(F)(F)C(F)(F)C(F)(F)C(F)(F)C(F)(F)Nc1ccccc1. The first-order valence-corrected chi connectivity index (χ1v) is 6.12. The van der Waals surface area contributed by atoms with E-state index in [-0.39, 0.29) is 0 Å². The van der Waals surface area contributed by atoms with E-state index in [9.17, 15) is 57.1 Å². The fourth-order valence-corrected chi connectivity index (χ4v) is 1.55. The highest BCUT2D eigenvalue weighted by atomic mass is 19.4. The molecule has 1 aromatic carbocycles. The largest absolute Gasteiger partial charge is 0.460 e. The summed E-state index contributed by atoms with van der Waals surface area (Å²) in [6, 6.07) is -2.17. The van der Waals surface area contributed by atoms with Crippen LogP contribution in [-0.2, 0) is 0 Å². The van der Waals surface area contributed by atoms with Crippen LogP contribution in [0.15, 0.2) is 30.3 Å². The van der Waals surface area contributed by atoms with E-state index in [1.165, 1.54) is 0 Å². The Bertz CT molecular complexity index is 620. The Morgan fingerprint density at radius 1 is 0.500 bits per heavy atom. The third-order valence-corrected chi connectivity index (χ3v) is 3.01. The summed E-state index contributed by atoms with van der Waals surface area (Å²) in [5.41, 5.74) is -1.03. The lowest BCUT2D eigenvalue weighted by atomic mass is 9.96. The van der Waals surface area contributed by atoms with Crippen LogP contribution < -0.4 is 5.32 Å². The molecule has 0 spiro atoms.